The molecule has 0 radical (unpaired) electrons. The van der Waals surface area contributed by atoms with Crippen LogP contribution in [0.3, 0.4) is 0 Å². The van der Waals surface area contributed by atoms with Gasteiger partial charge in [-0.1, -0.05) is 12.1 Å². The van der Waals surface area contributed by atoms with E-state index < -0.39 is 5.60 Å². The molecule has 0 saturated heterocycles. The molecule has 0 heterocycles. The zero-order valence-corrected chi connectivity index (χ0v) is 13.8. The van der Waals surface area contributed by atoms with Crippen molar-refractivity contribution in [1.29, 1.82) is 0 Å². The fourth-order valence-corrected chi connectivity index (χ4v) is 1.93. The maximum Gasteiger partial charge on any atom is 0.306 e. The van der Waals surface area contributed by atoms with Gasteiger partial charge in [0, 0.05) is 26.1 Å². The van der Waals surface area contributed by atoms with Gasteiger partial charge in [0.1, 0.15) is 5.60 Å². The van der Waals surface area contributed by atoms with Crippen molar-refractivity contribution in [2.24, 2.45) is 0 Å². The maximum absolute atomic E-state index is 12.1. The average Bonchev–Trinajstić information content (AvgIpc) is 2.34. The number of nitrogens with zero attached hydrogens (tertiary/aromatic N) is 1. The van der Waals surface area contributed by atoms with E-state index in [1.54, 1.807) is 19.0 Å². The molecule has 0 aliphatic rings. The van der Waals surface area contributed by atoms with Gasteiger partial charge in [0.15, 0.2) is 0 Å². The minimum Gasteiger partial charge on any atom is -0.460 e. The molecule has 0 unspecified atom stereocenters. The second-order valence-electron chi connectivity index (χ2n) is 6.44. The largest absolute Gasteiger partial charge is 0.460 e. The molecule has 21 heavy (non-hydrogen) atoms. The van der Waals surface area contributed by atoms with Crippen molar-refractivity contribution in [2.75, 3.05) is 14.1 Å². The monoisotopic (exact) mass is 291 g/mol. The molecule has 116 valence electrons. The van der Waals surface area contributed by atoms with Gasteiger partial charge in [0.25, 0.3) is 5.91 Å². The van der Waals surface area contributed by atoms with Crippen LogP contribution in [0.4, 0.5) is 0 Å². The fourth-order valence-electron chi connectivity index (χ4n) is 1.93. The quantitative estimate of drug-likeness (QED) is 0.801. The summed E-state index contributed by atoms with van der Waals surface area (Å²) in [5, 5.41) is 0. The zero-order valence-electron chi connectivity index (χ0n) is 13.8. The molecule has 0 saturated carbocycles. The minimum atomic E-state index is -0.462. The van der Waals surface area contributed by atoms with Crippen LogP contribution in [0.25, 0.3) is 0 Å². The molecular weight excluding hydrogens is 266 g/mol. The summed E-state index contributed by atoms with van der Waals surface area (Å²) >= 11 is 0. The average molecular weight is 291 g/mol. The lowest BCUT2D eigenvalue weighted by atomic mass is 10.0. The highest BCUT2D eigenvalue weighted by molar-refractivity contribution is 5.95. The Kier molecular flexibility index (Phi) is 5.53. The number of hydrogen-bond acceptors (Lipinski definition) is 3. The second kappa shape index (κ2) is 6.74. The predicted molar refractivity (Wildman–Crippen MR) is 83.4 cm³/mol. The molecule has 0 N–H and O–H groups in total. The van der Waals surface area contributed by atoms with Crippen molar-refractivity contribution in [3.63, 3.8) is 0 Å². The molecule has 0 aliphatic heterocycles. The van der Waals surface area contributed by atoms with Crippen LogP contribution < -0.4 is 0 Å². The molecular formula is C17H25NO3. The summed E-state index contributed by atoms with van der Waals surface area (Å²) in [6.07, 6.45) is 0.888. The first-order chi connectivity index (χ1) is 9.60. The maximum atomic E-state index is 12.1. The molecule has 0 aliphatic carbocycles. The number of amides is 1. The van der Waals surface area contributed by atoms with Gasteiger partial charge in [-0.05, 0) is 51.3 Å². The first-order valence-corrected chi connectivity index (χ1v) is 7.13. The molecule has 4 nitrogen and oxygen atoms in total. The Hall–Kier alpha value is -1.84. The molecule has 1 aromatic rings. The molecule has 0 bridgehead atoms. The van der Waals surface area contributed by atoms with Gasteiger partial charge in [-0.25, -0.2) is 0 Å². The highest BCUT2D eigenvalue weighted by Gasteiger charge is 2.17. The number of aryl methyl sites for hydroxylation is 2. The van der Waals surface area contributed by atoms with E-state index in [0.717, 1.165) is 11.1 Å². The summed E-state index contributed by atoms with van der Waals surface area (Å²) in [7, 11) is 3.46. The van der Waals surface area contributed by atoms with Gasteiger partial charge < -0.3 is 9.64 Å². The Balaban J connectivity index is 2.75. The lowest BCUT2D eigenvalue weighted by Crippen LogP contribution is -2.24. The van der Waals surface area contributed by atoms with E-state index >= 15 is 0 Å². The number of rotatable bonds is 4. The number of benzene rings is 1. The van der Waals surface area contributed by atoms with E-state index in [1.807, 2.05) is 45.9 Å². The molecule has 0 spiro atoms. The van der Waals surface area contributed by atoms with Crippen LogP contribution in [0.1, 0.15) is 48.7 Å². The van der Waals surface area contributed by atoms with E-state index in [0.29, 0.717) is 18.4 Å². The van der Waals surface area contributed by atoms with Crippen molar-refractivity contribution < 1.29 is 14.3 Å². The SMILES string of the molecule is Cc1ccc(CCC(=O)OC(C)(C)C)cc1C(=O)N(C)C. The smallest absolute Gasteiger partial charge is 0.306 e. The van der Waals surface area contributed by atoms with Gasteiger partial charge in [-0.3, -0.25) is 9.59 Å². The standard InChI is InChI=1S/C17H25NO3/c1-12-7-8-13(11-14(12)16(20)18(5)6)9-10-15(19)21-17(2,3)4/h7-8,11H,9-10H2,1-6H3. The van der Waals surface area contributed by atoms with Crippen LogP contribution in [0.2, 0.25) is 0 Å². The number of carbonyl (C=O) groups is 2. The van der Waals surface area contributed by atoms with Gasteiger partial charge in [0.05, 0.1) is 0 Å². The van der Waals surface area contributed by atoms with Crippen LogP contribution in [0, 0.1) is 6.92 Å². The van der Waals surface area contributed by atoms with E-state index in [4.69, 9.17) is 4.74 Å². The number of esters is 1. The topological polar surface area (TPSA) is 46.6 Å². The van der Waals surface area contributed by atoms with Gasteiger partial charge in [-0.15, -0.1) is 0 Å². The normalized spacial score (nSPS) is 11.1. The van der Waals surface area contributed by atoms with Crippen molar-refractivity contribution in [3.05, 3.63) is 34.9 Å². The Labute approximate surface area is 127 Å². The van der Waals surface area contributed by atoms with Gasteiger partial charge in [0.2, 0.25) is 0 Å². The van der Waals surface area contributed by atoms with Gasteiger partial charge in [-0.2, -0.15) is 0 Å². The van der Waals surface area contributed by atoms with Crippen molar-refractivity contribution in [2.45, 2.75) is 46.1 Å². The first-order valence-electron chi connectivity index (χ1n) is 7.13. The zero-order chi connectivity index (χ0) is 16.2. The summed E-state index contributed by atoms with van der Waals surface area (Å²) in [4.78, 5) is 25.4. The number of hydrogen-bond donors (Lipinski definition) is 0. The van der Waals surface area contributed by atoms with Crippen molar-refractivity contribution in [1.82, 2.24) is 4.90 Å². The lowest BCUT2D eigenvalue weighted by molar-refractivity contribution is -0.154. The minimum absolute atomic E-state index is 0.0216. The second-order valence-corrected chi connectivity index (χ2v) is 6.44. The molecule has 0 fully saturated rings. The summed E-state index contributed by atoms with van der Waals surface area (Å²) in [6, 6.07) is 5.73. The molecule has 1 aromatic carbocycles. The van der Waals surface area contributed by atoms with Crippen molar-refractivity contribution >= 4 is 11.9 Å². The van der Waals surface area contributed by atoms with Crippen LogP contribution in [0.5, 0.6) is 0 Å². The lowest BCUT2D eigenvalue weighted by Gasteiger charge is -2.19. The third kappa shape index (κ3) is 5.58. The highest BCUT2D eigenvalue weighted by atomic mass is 16.6. The van der Waals surface area contributed by atoms with E-state index in [9.17, 15) is 9.59 Å². The van der Waals surface area contributed by atoms with E-state index in [2.05, 4.69) is 0 Å². The summed E-state index contributed by atoms with van der Waals surface area (Å²) in [6.45, 7) is 7.47. The summed E-state index contributed by atoms with van der Waals surface area (Å²) in [5.41, 5.74) is 2.13. The number of carbonyl (C=O) groups excluding carboxylic acids is 2. The summed E-state index contributed by atoms with van der Waals surface area (Å²) < 4.78 is 5.28. The third-order valence-corrected chi connectivity index (χ3v) is 2.98. The fraction of sp³-hybridized carbons (Fsp3) is 0.529. The molecule has 0 atom stereocenters. The summed E-state index contributed by atoms with van der Waals surface area (Å²) in [5.74, 6) is -0.241. The Morgan fingerprint density at radius 2 is 1.81 bits per heavy atom. The van der Waals surface area contributed by atoms with Gasteiger partial charge >= 0.3 is 5.97 Å². The third-order valence-electron chi connectivity index (χ3n) is 2.98. The predicted octanol–water partition coefficient (Wildman–Crippen LogP) is 2.97. The molecule has 0 aromatic heterocycles. The van der Waals surface area contributed by atoms with E-state index in [1.165, 1.54) is 0 Å². The highest BCUT2D eigenvalue weighted by Crippen LogP contribution is 2.15. The Morgan fingerprint density at radius 3 is 2.33 bits per heavy atom. The van der Waals surface area contributed by atoms with Crippen LogP contribution in [-0.4, -0.2) is 36.5 Å². The first kappa shape index (κ1) is 17.2. The Morgan fingerprint density at radius 1 is 1.19 bits per heavy atom. The van der Waals surface area contributed by atoms with Crippen LogP contribution in [-0.2, 0) is 16.0 Å². The molecule has 1 rings (SSSR count). The van der Waals surface area contributed by atoms with E-state index in [-0.39, 0.29) is 11.9 Å². The van der Waals surface area contributed by atoms with Crippen molar-refractivity contribution in [3.8, 4) is 0 Å². The van der Waals surface area contributed by atoms with Crippen LogP contribution in [0.15, 0.2) is 18.2 Å². The van der Waals surface area contributed by atoms with Crippen LogP contribution >= 0.6 is 0 Å². The Bertz CT molecular complexity index is 527. The molecule has 1 amide bonds. The number of ether oxygens (including phenoxy) is 1. The molecule has 4 heteroatoms.